The monoisotopic (exact) mass is 427 g/mol. The Bertz CT molecular complexity index is 809. The second kappa shape index (κ2) is 11.8. The first-order valence-corrected chi connectivity index (χ1v) is 10.4. The van der Waals surface area contributed by atoms with Crippen LogP contribution in [0, 0.1) is 0 Å². The van der Waals surface area contributed by atoms with Crippen LogP contribution in [0.4, 0.5) is 4.79 Å². The van der Waals surface area contributed by atoms with Crippen molar-refractivity contribution >= 4 is 27.8 Å². The molecular formula is C18H25N3O7S. The van der Waals surface area contributed by atoms with Crippen molar-refractivity contribution in [3.05, 3.63) is 42.5 Å². The number of rotatable bonds is 6. The lowest BCUT2D eigenvalue weighted by atomic mass is 10.1. The summed E-state index contributed by atoms with van der Waals surface area (Å²) >= 11 is 0. The summed E-state index contributed by atoms with van der Waals surface area (Å²) in [5.41, 5.74) is 5.35. The highest BCUT2D eigenvalue weighted by Crippen LogP contribution is 2.23. The Kier molecular flexibility index (Phi) is 9.83. The number of sulfone groups is 1. The minimum atomic E-state index is -3.40. The van der Waals surface area contributed by atoms with Crippen molar-refractivity contribution in [2.45, 2.75) is 23.0 Å². The number of piperidine rings is 1. The van der Waals surface area contributed by atoms with Gasteiger partial charge in [-0.25, -0.2) is 22.8 Å². The standard InChI is InChI=1S/C14H21N3O3S.C4H4O4/c15-8-9-16-14(18)17-10-4-7-13(11-17)21(19,20)12-5-2-1-3-6-12;5-3(6)1-2-4(7)8/h1-3,5-6,13H,4,7-11,15H2,(H,16,18);1-2H,(H,5,6)(H,7,8). The molecule has 1 atom stereocenters. The molecule has 1 fully saturated rings. The molecule has 160 valence electrons. The van der Waals surface area contributed by atoms with E-state index < -0.39 is 27.0 Å². The molecule has 1 unspecified atom stereocenters. The van der Waals surface area contributed by atoms with Gasteiger partial charge in [0, 0.05) is 38.3 Å². The number of hydrogen-bond donors (Lipinski definition) is 4. The van der Waals surface area contributed by atoms with E-state index in [0.717, 1.165) is 0 Å². The van der Waals surface area contributed by atoms with E-state index >= 15 is 0 Å². The van der Waals surface area contributed by atoms with E-state index in [9.17, 15) is 22.8 Å². The topological polar surface area (TPSA) is 167 Å². The molecule has 0 radical (unpaired) electrons. The van der Waals surface area contributed by atoms with Crippen molar-refractivity contribution in [2.24, 2.45) is 5.73 Å². The number of aliphatic carboxylic acids is 2. The van der Waals surface area contributed by atoms with Gasteiger partial charge in [0.1, 0.15) is 0 Å². The highest BCUT2D eigenvalue weighted by atomic mass is 32.2. The molecule has 10 nitrogen and oxygen atoms in total. The Labute approximate surface area is 168 Å². The summed E-state index contributed by atoms with van der Waals surface area (Å²) in [6, 6.07) is 8.16. The van der Waals surface area contributed by atoms with Crippen molar-refractivity contribution in [1.82, 2.24) is 10.2 Å². The number of carboxylic acids is 2. The van der Waals surface area contributed by atoms with Crippen LogP contribution in [0.25, 0.3) is 0 Å². The third-order valence-corrected chi connectivity index (χ3v) is 6.16. The lowest BCUT2D eigenvalue weighted by Crippen LogP contribution is -2.49. The summed E-state index contributed by atoms with van der Waals surface area (Å²) < 4.78 is 25.2. The summed E-state index contributed by atoms with van der Waals surface area (Å²) in [4.78, 5) is 32.9. The van der Waals surface area contributed by atoms with Gasteiger partial charge in [0.05, 0.1) is 10.1 Å². The fourth-order valence-corrected chi connectivity index (χ4v) is 4.39. The van der Waals surface area contributed by atoms with Gasteiger partial charge in [-0.3, -0.25) is 0 Å². The summed E-state index contributed by atoms with van der Waals surface area (Å²) in [5, 5.41) is 17.8. The molecule has 0 bridgehead atoms. The molecule has 5 N–H and O–H groups in total. The van der Waals surface area contributed by atoms with E-state index in [1.807, 2.05) is 0 Å². The van der Waals surface area contributed by atoms with Gasteiger partial charge in [0.25, 0.3) is 0 Å². The number of urea groups is 1. The number of nitrogens with zero attached hydrogens (tertiary/aromatic N) is 1. The molecule has 0 aromatic heterocycles. The van der Waals surface area contributed by atoms with E-state index in [4.69, 9.17) is 15.9 Å². The Morgan fingerprint density at radius 2 is 1.72 bits per heavy atom. The van der Waals surface area contributed by atoms with E-state index in [-0.39, 0.29) is 12.6 Å². The van der Waals surface area contributed by atoms with Crippen molar-refractivity contribution in [1.29, 1.82) is 0 Å². The van der Waals surface area contributed by atoms with E-state index in [2.05, 4.69) is 5.32 Å². The normalized spacial score (nSPS) is 16.6. The van der Waals surface area contributed by atoms with Crippen LogP contribution in [0.1, 0.15) is 12.8 Å². The van der Waals surface area contributed by atoms with Crippen LogP contribution in [-0.2, 0) is 19.4 Å². The number of carbonyl (C=O) groups excluding carboxylic acids is 1. The van der Waals surface area contributed by atoms with Gasteiger partial charge in [-0.2, -0.15) is 0 Å². The Morgan fingerprint density at radius 3 is 2.24 bits per heavy atom. The molecule has 1 aliphatic rings. The third-order valence-electron chi connectivity index (χ3n) is 3.96. The number of nitrogens with two attached hydrogens (primary N) is 1. The molecule has 0 aliphatic carbocycles. The average Bonchev–Trinajstić information content (AvgIpc) is 2.71. The minimum absolute atomic E-state index is 0.230. The SMILES string of the molecule is NCCNC(=O)N1CCCC(S(=O)(=O)c2ccccc2)C1.O=C(O)C=CC(=O)O. The molecule has 1 aromatic carbocycles. The molecule has 29 heavy (non-hydrogen) atoms. The van der Waals surface area contributed by atoms with Crippen LogP contribution in [0.2, 0.25) is 0 Å². The number of carbonyl (C=O) groups is 3. The van der Waals surface area contributed by atoms with Crippen LogP contribution in [0.5, 0.6) is 0 Å². The second-order valence-corrected chi connectivity index (χ2v) is 8.33. The van der Waals surface area contributed by atoms with Gasteiger partial charge < -0.3 is 26.2 Å². The third kappa shape index (κ3) is 8.32. The van der Waals surface area contributed by atoms with Gasteiger partial charge in [0.2, 0.25) is 0 Å². The Balaban J connectivity index is 0.000000447. The highest BCUT2D eigenvalue weighted by Gasteiger charge is 2.33. The molecule has 11 heteroatoms. The predicted octanol–water partition coefficient (Wildman–Crippen LogP) is 0.305. The summed E-state index contributed by atoms with van der Waals surface area (Å²) in [6.45, 7) is 1.57. The van der Waals surface area contributed by atoms with Crippen LogP contribution in [-0.4, -0.2) is 72.9 Å². The van der Waals surface area contributed by atoms with Gasteiger partial charge in [-0.05, 0) is 25.0 Å². The van der Waals surface area contributed by atoms with Crippen LogP contribution >= 0.6 is 0 Å². The zero-order chi connectivity index (χ0) is 21.9. The predicted molar refractivity (Wildman–Crippen MR) is 105 cm³/mol. The first-order valence-electron chi connectivity index (χ1n) is 8.84. The zero-order valence-corrected chi connectivity index (χ0v) is 16.5. The molecule has 1 heterocycles. The second-order valence-electron chi connectivity index (χ2n) is 6.10. The van der Waals surface area contributed by atoms with Gasteiger partial charge >= 0.3 is 18.0 Å². The molecule has 0 spiro atoms. The molecule has 2 rings (SSSR count). The fraction of sp³-hybridized carbons (Fsp3) is 0.389. The maximum absolute atomic E-state index is 12.6. The summed E-state index contributed by atoms with van der Waals surface area (Å²) in [6.07, 6.45) is 2.38. The number of benzene rings is 1. The van der Waals surface area contributed by atoms with Crippen molar-refractivity contribution in [3.63, 3.8) is 0 Å². The molecule has 1 saturated heterocycles. The smallest absolute Gasteiger partial charge is 0.328 e. The minimum Gasteiger partial charge on any atom is -0.478 e. The Hall–Kier alpha value is -2.92. The first kappa shape index (κ1) is 24.1. The van der Waals surface area contributed by atoms with E-state index in [0.29, 0.717) is 49.5 Å². The maximum atomic E-state index is 12.6. The maximum Gasteiger partial charge on any atom is 0.328 e. The summed E-state index contributed by atoms with van der Waals surface area (Å²) in [5.74, 6) is -2.51. The number of amides is 2. The molecule has 0 saturated carbocycles. The Morgan fingerprint density at radius 1 is 1.14 bits per heavy atom. The first-order chi connectivity index (χ1) is 13.7. The number of carboxylic acid groups (broad SMARTS) is 2. The van der Waals surface area contributed by atoms with Gasteiger partial charge in [-0.15, -0.1) is 0 Å². The number of nitrogens with one attached hydrogen (secondary N) is 1. The van der Waals surface area contributed by atoms with Crippen molar-refractivity contribution in [3.8, 4) is 0 Å². The number of likely N-dealkylation sites (tertiary alicyclic amines) is 1. The largest absolute Gasteiger partial charge is 0.478 e. The quantitative estimate of drug-likeness (QED) is 0.470. The molecule has 2 amide bonds. The van der Waals surface area contributed by atoms with Crippen molar-refractivity contribution in [2.75, 3.05) is 26.2 Å². The fourth-order valence-electron chi connectivity index (χ4n) is 2.61. The lowest BCUT2D eigenvalue weighted by Gasteiger charge is -2.32. The molecular weight excluding hydrogens is 402 g/mol. The average molecular weight is 427 g/mol. The van der Waals surface area contributed by atoms with Gasteiger partial charge in [0.15, 0.2) is 9.84 Å². The molecule has 1 aliphatic heterocycles. The summed E-state index contributed by atoms with van der Waals surface area (Å²) in [7, 11) is -3.40. The highest BCUT2D eigenvalue weighted by molar-refractivity contribution is 7.92. The van der Waals surface area contributed by atoms with Crippen LogP contribution < -0.4 is 11.1 Å². The van der Waals surface area contributed by atoms with Crippen LogP contribution in [0.15, 0.2) is 47.4 Å². The van der Waals surface area contributed by atoms with E-state index in [1.165, 1.54) is 0 Å². The lowest BCUT2D eigenvalue weighted by molar-refractivity contribution is -0.134. The van der Waals surface area contributed by atoms with E-state index in [1.54, 1.807) is 35.2 Å². The number of hydrogen-bond acceptors (Lipinski definition) is 6. The van der Waals surface area contributed by atoms with Crippen LogP contribution in [0.3, 0.4) is 0 Å². The van der Waals surface area contributed by atoms with Crippen molar-refractivity contribution < 1.29 is 33.0 Å². The van der Waals surface area contributed by atoms with Gasteiger partial charge in [-0.1, -0.05) is 18.2 Å². The zero-order valence-electron chi connectivity index (χ0n) is 15.7. The molecule has 1 aromatic rings.